The number of benzene rings is 1. The molecule has 0 aliphatic carbocycles. The van der Waals surface area contributed by atoms with Gasteiger partial charge >= 0.3 is 0 Å². The topological polar surface area (TPSA) is 97.7 Å². The maximum absolute atomic E-state index is 12.3. The number of aryl methyl sites for hydroxylation is 2. The highest BCUT2D eigenvalue weighted by Crippen LogP contribution is 2.18. The van der Waals surface area contributed by atoms with Crippen molar-refractivity contribution in [3.8, 4) is 5.75 Å². The Labute approximate surface area is 170 Å². The van der Waals surface area contributed by atoms with Gasteiger partial charge in [0.05, 0.1) is 18.0 Å². The minimum Gasteiger partial charge on any atom is -0.486 e. The molecule has 1 fully saturated rings. The molecule has 9 heteroatoms. The van der Waals surface area contributed by atoms with Crippen LogP contribution in [0.4, 0.5) is 0 Å². The van der Waals surface area contributed by atoms with Gasteiger partial charge in [-0.15, -0.1) is 0 Å². The molecule has 0 atom stereocenters. The van der Waals surface area contributed by atoms with Gasteiger partial charge in [-0.2, -0.15) is 0 Å². The van der Waals surface area contributed by atoms with Crippen LogP contribution >= 0.6 is 0 Å². The first kappa shape index (κ1) is 21.1. The fourth-order valence-electron chi connectivity index (χ4n) is 3.03. The minimum atomic E-state index is -3.63. The molecule has 1 N–H and O–H groups in total. The molecular formula is C20H25N3O5S. The highest BCUT2D eigenvalue weighted by atomic mass is 32.2. The number of nitrogens with one attached hydrogen (secondary N) is 1. The molecule has 2 aromatic rings. The Balaban J connectivity index is 1.45. The summed E-state index contributed by atoms with van der Waals surface area (Å²) in [4.78, 5) is 25.8. The van der Waals surface area contributed by atoms with Gasteiger partial charge in [-0.3, -0.25) is 9.59 Å². The normalized spacial score (nSPS) is 14.5. The van der Waals surface area contributed by atoms with Crippen LogP contribution in [0.5, 0.6) is 5.75 Å². The summed E-state index contributed by atoms with van der Waals surface area (Å²) in [6, 6.07) is 9.82. The zero-order valence-electron chi connectivity index (χ0n) is 16.7. The van der Waals surface area contributed by atoms with Crippen molar-refractivity contribution in [2.75, 3.05) is 19.6 Å². The van der Waals surface area contributed by atoms with Crippen molar-refractivity contribution in [3.63, 3.8) is 0 Å². The summed E-state index contributed by atoms with van der Waals surface area (Å²) in [5, 5.41) is 0. The van der Waals surface area contributed by atoms with E-state index >= 15 is 0 Å². The van der Waals surface area contributed by atoms with Gasteiger partial charge in [0.25, 0.3) is 5.56 Å². The number of ether oxygens (including phenoxy) is 1. The van der Waals surface area contributed by atoms with Crippen molar-refractivity contribution in [3.05, 3.63) is 58.0 Å². The predicted octanol–water partition coefficient (Wildman–Crippen LogP) is 0.960. The van der Waals surface area contributed by atoms with E-state index in [1.807, 2.05) is 19.9 Å². The molecule has 0 radical (unpaired) electrons. The first-order valence-electron chi connectivity index (χ1n) is 9.34. The number of carbonyl (C=O) groups is 1. The van der Waals surface area contributed by atoms with Gasteiger partial charge in [0.2, 0.25) is 15.9 Å². The molecule has 156 valence electrons. The van der Waals surface area contributed by atoms with Crippen LogP contribution in [0.25, 0.3) is 0 Å². The summed E-state index contributed by atoms with van der Waals surface area (Å²) in [6.07, 6.45) is -0.0996. The highest BCUT2D eigenvalue weighted by molar-refractivity contribution is 7.89. The van der Waals surface area contributed by atoms with E-state index in [1.54, 1.807) is 30.1 Å². The molecule has 1 amide bonds. The summed E-state index contributed by atoms with van der Waals surface area (Å²) in [6.45, 7) is 4.50. The molecule has 8 nitrogen and oxygen atoms in total. The minimum absolute atomic E-state index is 0.0328. The number of amides is 1. The van der Waals surface area contributed by atoms with E-state index in [1.165, 1.54) is 16.7 Å². The standard InChI is InChI=1S/C20H25N3O5S/c1-14-5-4-6-18(9-14)29(26,27)21-8-7-19(24)23-12-17(13-23)28-16-10-15(2)22(3)20(25)11-16/h4-6,9-11,17,21H,7-8,12-13H2,1-3H3. The lowest BCUT2D eigenvalue weighted by Gasteiger charge is -2.39. The lowest BCUT2D eigenvalue weighted by atomic mass is 10.1. The number of carbonyl (C=O) groups excluding carboxylic acids is 1. The van der Waals surface area contributed by atoms with Crippen molar-refractivity contribution in [1.82, 2.24) is 14.2 Å². The smallest absolute Gasteiger partial charge is 0.254 e. The van der Waals surface area contributed by atoms with Gasteiger partial charge in [0, 0.05) is 31.8 Å². The van der Waals surface area contributed by atoms with Crippen molar-refractivity contribution in [1.29, 1.82) is 0 Å². The average Bonchev–Trinajstić information content (AvgIpc) is 2.62. The highest BCUT2D eigenvalue weighted by Gasteiger charge is 2.32. The second kappa shape index (κ2) is 8.38. The van der Waals surface area contributed by atoms with E-state index in [-0.39, 0.29) is 35.4 Å². The summed E-state index contributed by atoms with van der Waals surface area (Å²) in [7, 11) is -1.94. The molecule has 1 aliphatic heterocycles. The van der Waals surface area contributed by atoms with Gasteiger partial charge in [0.15, 0.2) is 0 Å². The van der Waals surface area contributed by atoms with Crippen LogP contribution in [0.2, 0.25) is 0 Å². The molecule has 1 aliphatic rings. The van der Waals surface area contributed by atoms with Gasteiger partial charge in [-0.25, -0.2) is 13.1 Å². The maximum Gasteiger partial charge on any atom is 0.254 e. The van der Waals surface area contributed by atoms with Crippen LogP contribution in [0.3, 0.4) is 0 Å². The van der Waals surface area contributed by atoms with Gasteiger partial charge < -0.3 is 14.2 Å². The van der Waals surface area contributed by atoms with E-state index in [4.69, 9.17) is 4.74 Å². The number of hydrogen-bond donors (Lipinski definition) is 1. The molecule has 1 saturated heterocycles. The van der Waals surface area contributed by atoms with E-state index in [0.29, 0.717) is 18.8 Å². The third-order valence-corrected chi connectivity index (χ3v) is 6.37. The van der Waals surface area contributed by atoms with Crippen LogP contribution < -0.4 is 15.0 Å². The van der Waals surface area contributed by atoms with Crippen LogP contribution in [0.15, 0.2) is 46.1 Å². The molecule has 29 heavy (non-hydrogen) atoms. The Morgan fingerprint density at radius 3 is 2.59 bits per heavy atom. The number of hydrogen-bond acceptors (Lipinski definition) is 5. The van der Waals surface area contributed by atoms with Crippen LogP contribution in [0, 0.1) is 13.8 Å². The van der Waals surface area contributed by atoms with E-state index in [9.17, 15) is 18.0 Å². The Morgan fingerprint density at radius 1 is 1.21 bits per heavy atom. The second-order valence-electron chi connectivity index (χ2n) is 7.23. The zero-order valence-corrected chi connectivity index (χ0v) is 17.5. The molecule has 1 aromatic carbocycles. The van der Waals surface area contributed by atoms with Crippen molar-refractivity contribution >= 4 is 15.9 Å². The monoisotopic (exact) mass is 419 g/mol. The quantitative estimate of drug-likeness (QED) is 0.721. The first-order valence-corrected chi connectivity index (χ1v) is 10.8. The predicted molar refractivity (Wildman–Crippen MR) is 108 cm³/mol. The number of pyridine rings is 1. The van der Waals surface area contributed by atoms with Gasteiger partial charge in [0.1, 0.15) is 11.9 Å². The molecule has 0 spiro atoms. The van der Waals surface area contributed by atoms with Crippen LogP contribution in [-0.2, 0) is 21.9 Å². The van der Waals surface area contributed by atoms with Crippen molar-refractivity contribution < 1.29 is 17.9 Å². The molecule has 3 rings (SSSR count). The molecule has 0 saturated carbocycles. The van der Waals surface area contributed by atoms with E-state index in [2.05, 4.69) is 4.72 Å². The van der Waals surface area contributed by atoms with Gasteiger partial charge in [-0.1, -0.05) is 12.1 Å². The first-order chi connectivity index (χ1) is 13.7. The lowest BCUT2D eigenvalue weighted by Crippen LogP contribution is -2.56. The number of rotatable bonds is 7. The average molecular weight is 420 g/mol. The zero-order chi connectivity index (χ0) is 21.2. The Kier molecular flexibility index (Phi) is 6.09. The molecule has 0 bridgehead atoms. The van der Waals surface area contributed by atoms with E-state index < -0.39 is 10.0 Å². The van der Waals surface area contributed by atoms with Crippen molar-refractivity contribution in [2.45, 2.75) is 31.3 Å². The SMILES string of the molecule is Cc1cccc(S(=O)(=O)NCCC(=O)N2CC(Oc3cc(C)n(C)c(=O)c3)C2)c1. The third kappa shape index (κ3) is 5.04. The Bertz CT molecular complexity index is 1070. The fraction of sp³-hybridized carbons (Fsp3) is 0.400. The lowest BCUT2D eigenvalue weighted by molar-refractivity contribution is -0.139. The molecular weight excluding hydrogens is 394 g/mol. The Morgan fingerprint density at radius 2 is 1.93 bits per heavy atom. The number of likely N-dealkylation sites (tertiary alicyclic amines) is 1. The summed E-state index contributed by atoms with van der Waals surface area (Å²) in [5.41, 5.74) is 1.50. The molecule has 2 heterocycles. The number of sulfonamides is 1. The third-order valence-electron chi connectivity index (χ3n) is 4.91. The van der Waals surface area contributed by atoms with Gasteiger partial charge in [-0.05, 0) is 37.6 Å². The van der Waals surface area contributed by atoms with Crippen LogP contribution in [0.1, 0.15) is 17.7 Å². The van der Waals surface area contributed by atoms with Crippen LogP contribution in [-0.4, -0.2) is 49.5 Å². The maximum atomic E-state index is 12.3. The number of nitrogens with zero attached hydrogens (tertiary/aromatic N) is 2. The summed E-state index contributed by atoms with van der Waals surface area (Å²) >= 11 is 0. The Hall–Kier alpha value is -2.65. The number of aromatic nitrogens is 1. The molecule has 1 aromatic heterocycles. The van der Waals surface area contributed by atoms with Crippen molar-refractivity contribution in [2.24, 2.45) is 7.05 Å². The summed E-state index contributed by atoms with van der Waals surface area (Å²) < 4.78 is 34.3. The largest absolute Gasteiger partial charge is 0.486 e. The second-order valence-corrected chi connectivity index (χ2v) is 9.00. The molecule has 0 unspecified atom stereocenters. The summed E-state index contributed by atoms with van der Waals surface area (Å²) in [5.74, 6) is 0.352. The fourth-order valence-corrected chi connectivity index (χ4v) is 4.17. The van der Waals surface area contributed by atoms with E-state index in [0.717, 1.165) is 11.3 Å².